The van der Waals surface area contributed by atoms with E-state index in [-0.39, 0.29) is 66.8 Å². The van der Waals surface area contributed by atoms with E-state index >= 15 is 0 Å². The minimum absolute atomic E-state index is 0.0779. The van der Waals surface area contributed by atoms with Gasteiger partial charge >= 0.3 is 36.3 Å². The highest BCUT2D eigenvalue weighted by Crippen LogP contribution is 2.47. The van der Waals surface area contributed by atoms with Crippen molar-refractivity contribution in [1.82, 2.24) is 21.3 Å². The number of ether oxygens (including phenoxy) is 6. The van der Waals surface area contributed by atoms with Crippen LogP contribution < -0.4 is 21.3 Å². The summed E-state index contributed by atoms with van der Waals surface area (Å²) < 4.78 is 30.7. The standard InChI is InChI=1S/C37H60N4O12/c1-10-28(42)48-12-14-50-32(46)40-26-16-34(4,5)21-36(8,18-26)23-38-30(44)52-20-25(3)53-31(45)39-24-37(9)19-27(17-35(6,7)22-37)41-33(47)51-15-13-49-29(43)11-2/h10-11,25-27H,1-2,12-24H2,3-9H3,(H,38,44)(H,39,45)(H,40,46)(H,41,47). The van der Waals surface area contributed by atoms with E-state index in [0.717, 1.165) is 25.0 Å². The van der Waals surface area contributed by atoms with Crippen molar-refractivity contribution in [3.05, 3.63) is 25.3 Å². The second kappa shape index (κ2) is 20.1. The molecule has 16 heteroatoms. The number of amides is 4. The Hall–Kier alpha value is -4.50. The second-order valence-electron chi connectivity index (χ2n) is 16.3. The maximum absolute atomic E-state index is 12.7. The van der Waals surface area contributed by atoms with Crippen molar-refractivity contribution < 1.29 is 57.2 Å². The molecule has 2 saturated carbocycles. The molecule has 0 radical (unpaired) electrons. The molecule has 2 rings (SSSR count). The predicted octanol–water partition coefficient (Wildman–Crippen LogP) is 4.91. The van der Waals surface area contributed by atoms with Gasteiger partial charge in [0.25, 0.3) is 0 Å². The molecule has 4 N–H and O–H groups in total. The largest absolute Gasteiger partial charge is 0.459 e. The SMILES string of the molecule is C=CC(=O)OCCOC(=O)NC1CC(C)(C)CC(C)(CNC(=O)OCC(C)OC(=O)NCC2(C)CC(NC(=O)OCCOC(=O)C=C)CC(C)(C)C2)C1. The van der Waals surface area contributed by atoms with E-state index in [9.17, 15) is 28.8 Å². The highest BCUT2D eigenvalue weighted by Gasteiger charge is 2.43. The van der Waals surface area contributed by atoms with Gasteiger partial charge in [-0.3, -0.25) is 0 Å². The molecule has 2 aliphatic rings. The number of nitrogens with one attached hydrogen (secondary N) is 4. The van der Waals surface area contributed by atoms with Crippen LogP contribution in [-0.4, -0.2) is 101 Å². The Bertz CT molecular complexity index is 1320. The Labute approximate surface area is 312 Å². The smallest absolute Gasteiger partial charge is 0.407 e. The maximum atomic E-state index is 12.7. The Kier molecular flexibility index (Phi) is 16.9. The lowest BCUT2D eigenvalue weighted by atomic mass is 9.62. The summed E-state index contributed by atoms with van der Waals surface area (Å²) in [4.78, 5) is 72.3. The van der Waals surface area contributed by atoms with Gasteiger partial charge in [0.05, 0.1) is 0 Å². The molecule has 0 aromatic heterocycles. The minimum atomic E-state index is -0.727. The van der Waals surface area contributed by atoms with E-state index in [1.54, 1.807) is 6.92 Å². The third-order valence-corrected chi connectivity index (χ3v) is 9.06. The van der Waals surface area contributed by atoms with E-state index in [1.807, 2.05) is 13.8 Å². The third-order valence-electron chi connectivity index (χ3n) is 9.06. The molecule has 16 nitrogen and oxygen atoms in total. The van der Waals surface area contributed by atoms with Crippen LogP contribution in [0.4, 0.5) is 19.2 Å². The van der Waals surface area contributed by atoms with Crippen LogP contribution in [0, 0.1) is 21.7 Å². The van der Waals surface area contributed by atoms with Crippen molar-refractivity contribution in [3.8, 4) is 0 Å². The summed E-state index contributed by atoms with van der Waals surface area (Å²) in [5.41, 5.74) is -0.994. The first kappa shape index (κ1) is 44.7. The molecule has 5 atom stereocenters. The van der Waals surface area contributed by atoms with Crippen LogP contribution in [0.3, 0.4) is 0 Å². The molecule has 0 spiro atoms. The van der Waals surface area contributed by atoms with Crippen molar-refractivity contribution in [3.63, 3.8) is 0 Å². The molecule has 0 saturated heterocycles. The zero-order chi connectivity index (χ0) is 39.9. The van der Waals surface area contributed by atoms with Gasteiger partial charge in [-0.25, -0.2) is 28.8 Å². The highest BCUT2D eigenvalue weighted by molar-refractivity contribution is 5.81. The van der Waals surface area contributed by atoms with Crippen molar-refractivity contribution in [1.29, 1.82) is 0 Å². The summed E-state index contributed by atoms with van der Waals surface area (Å²) >= 11 is 0. The van der Waals surface area contributed by atoms with Crippen LogP contribution in [-0.2, 0) is 38.0 Å². The second-order valence-corrected chi connectivity index (χ2v) is 16.3. The lowest BCUT2D eigenvalue weighted by Crippen LogP contribution is -2.51. The number of rotatable bonds is 17. The van der Waals surface area contributed by atoms with E-state index in [1.165, 1.54) is 0 Å². The first-order valence-electron chi connectivity index (χ1n) is 18.0. The fourth-order valence-corrected chi connectivity index (χ4v) is 7.90. The lowest BCUT2D eigenvalue weighted by Gasteiger charge is -2.46. The molecular weight excluding hydrogens is 692 g/mol. The molecule has 0 bridgehead atoms. The molecule has 0 heterocycles. The van der Waals surface area contributed by atoms with Crippen LogP contribution in [0.25, 0.3) is 0 Å². The summed E-state index contributed by atoms with van der Waals surface area (Å²) in [5.74, 6) is -1.20. The monoisotopic (exact) mass is 752 g/mol. The summed E-state index contributed by atoms with van der Waals surface area (Å²) in [6.07, 6.45) is 2.96. The minimum Gasteiger partial charge on any atom is -0.459 e. The molecule has 4 amide bonds. The lowest BCUT2D eigenvalue weighted by molar-refractivity contribution is -0.139. The first-order valence-corrected chi connectivity index (χ1v) is 18.0. The van der Waals surface area contributed by atoms with Gasteiger partial charge in [-0.15, -0.1) is 0 Å². The molecular formula is C37H60N4O12. The third kappa shape index (κ3) is 17.7. The van der Waals surface area contributed by atoms with Crippen molar-refractivity contribution in [2.24, 2.45) is 21.7 Å². The van der Waals surface area contributed by atoms with E-state index < -0.39 is 42.4 Å². The number of carbonyl (C=O) groups is 6. The molecule has 300 valence electrons. The zero-order valence-electron chi connectivity index (χ0n) is 32.4. The van der Waals surface area contributed by atoms with E-state index in [2.05, 4.69) is 62.1 Å². The van der Waals surface area contributed by atoms with Gasteiger partial charge in [-0.2, -0.15) is 0 Å². The number of alkyl carbamates (subject to hydrolysis) is 4. The van der Waals surface area contributed by atoms with Crippen molar-refractivity contribution in [2.75, 3.05) is 46.1 Å². The average Bonchev–Trinajstić information content (AvgIpc) is 3.03. The Morgan fingerprint density at radius 2 is 1.00 bits per heavy atom. The summed E-state index contributed by atoms with van der Waals surface area (Å²) in [6, 6.07) is -0.410. The predicted molar refractivity (Wildman–Crippen MR) is 194 cm³/mol. The number of esters is 2. The van der Waals surface area contributed by atoms with Crippen LogP contribution in [0.2, 0.25) is 0 Å². The molecule has 0 aromatic rings. The summed E-state index contributed by atoms with van der Waals surface area (Å²) in [7, 11) is 0. The number of hydrogen-bond acceptors (Lipinski definition) is 12. The van der Waals surface area contributed by atoms with Crippen LogP contribution >= 0.6 is 0 Å². The molecule has 0 aliphatic heterocycles. The van der Waals surface area contributed by atoms with Crippen LogP contribution in [0.15, 0.2) is 25.3 Å². The fraction of sp³-hybridized carbons (Fsp3) is 0.730. The van der Waals surface area contributed by atoms with Gasteiger partial charge in [0.1, 0.15) is 39.1 Å². The van der Waals surface area contributed by atoms with E-state index in [0.29, 0.717) is 38.8 Å². The normalized spacial score (nSPS) is 24.8. The van der Waals surface area contributed by atoms with E-state index in [4.69, 9.17) is 28.4 Å². The Balaban J connectivity index is 1.75. The molecule has 53 heavy (non-hydrogen) atoms. The van der Waals surface area contributed by atoms with Crippen molar-refractivity contribution in [2.45, 2.75) is 105 Å². The topological polar surface area (TPSA) is 206 Å². The van der Waals surface area contributed by atoms with Gasteiger partial charge < -0.3 is 49.7 Å². The molecule has 2 aliphatic carbocycles. The quantitative estimate of drug-likeness (QED) is 0.0677. The summed E-state index contributed by atoms with van der Waals surface area (Å²) in [6.45, 7) is 20.8. The molecule has 2 fully saturated rings. The van der Waals surface area contributed by atoms with Crippen molar-refractivity contribution >= 4 is 36.3 Å². The first-order chi connectivity index (χ1) is 24.7. The van der Waals surface area contributed by atoms with Gasteiger partial charge in [-0.1, -0.05) is 54.7 Å². The van der Waals surface area contributed by atoms with Gasteiger partial charge in [0.15, 0.2) is 0 Å². The number of carbonyl (C=O) groups excluding carboxylic acids is 6. The Morgan fingerprint density at radius 1 is 0.604 bits per heavy atom. The maximum Gasteiger partial charge on any atom is 0.407 e. The zero-order valence-corrected chi connectivity index (χ0v) is 32.4. The van der Waals surface area contributed by atoms with Gasteiger partial charge in [0.2, 0.25) is 0 Å². The fourth-order valence-electron chi connectivity index (χ4n) is 7.90. The van der Waals surface area contributed by atoms with Crippen LogP contribution in [0.5, 0.6) is 0 Å². The Morgan fingerprint density at radius 3 is 1.42 bits per heavy atom. The highest BCUT2D eigenvalue weighted by atomic mass is 16.6. The van der Waals surface area contributed by atoms with Gasteiger partial charge in [-0.05, 0) is 67.1 Å². The van der Waals surface area contributed by atoms with Gasteiger partial charge in [0, 0.05) is 37.3 Å². The molecule has 0 aromatic carbocycles. The van der Waals surface area contributed by atoms with Crippen LogP contribution in [0.1, 0.15) is 87.0 Å². The molecule has 5 unspecified atom stereocenters. The average molecular weight is 753 g/mol. The number of hydrogen-bond donors (Lipinski definition) is 4. The summed E-state index contributed by atoms with van der Waals surface area (Å²) in [5, 5.41) is 11.4.